The molecule has 0 radical (unpaired) electrons. The number of nitrogens with zero attached hydrogens (tertiary/aromatic N) is 1. The maximum absolute atomic E-state index is 12.4. The van der Waals surface area contributed by atoms with Crippen molar-refractivity contribution in [1.29, 1.82) is 0 Å². The number of rotatable bonds is 3. The molecule has 0 aliphatic carbocycles. The monoisotopic (exact) mass is 342 g/mol. The van der Waals surface area contributed by atoms with E-state index in [0.717, 1.165) is 28.1 Å². The van der Waals surface area contributed by atoms with E-state index in [1.807, 2.05) is 32.0 Å². The largest absolute Gasteiger partial charge is 0.471 e. The van der Waals surface area contributed by atoms with Crippen LogP contribution in [0.1, 0.15) is 30.9 Å². The summed E-state index contributed by atoms with van der Waals surface area (Å²) in [7, 11) is 0. The molecule has 1 heterocycles. The van der Waals surface area contributed by atoms with Gasteiger partial charge in [-0.15, -0.1) is 0 Å². The zero-order chi connectivity index (χ0) is 17.9. The molecular formula is C17H21F3N2O2. The van der Waals surface area contributed by atoms with Gasteiger partial charge < -0.3 is 10.2 Å². The summed E-state index contributed by atoms with van der Waals surface area (Å²) in [6, 6.07) is 5.83. The summed E-state index contributed by atoms with van der Waals surface area (Å²) in [6.07, 6.45) is -3.53. The molecule has 1 aromatic rings. The molecule has 1 N–H and O–H groups in total. The van der Waals surface area contributed by atoms with E-state index >= 15 is 0 Å². The van der Waals surface area contributed by atoms with Gasteiger partial charge in [0.2, 0.25) is 5.91 Å². The molecule has 0 aromatic heterocycles. The molecule has 1 fully saturated rings. The summed E-state index contributed by atoms with van der Waals surface area (Å²) in [5.74, 6) is -2.41. The molecule has 1 aliphatic rings. The molecule has 1 aliphatic heterocycles. The third kappa shape index (κ3) is 4.27. The van der Waals surface area contributed by atoms with Gasteiger partial charge in [0, 0.05) is 24.7 Å². The van der Waals surface area contributed by atoms with E-state index in [0.29, 0.717) is 0 Å². The van der Waals surface area contributed by atoms with Crippen LogP contribution in [0.5, 0.6) is 0 Å². The van der Waals surface area contributed by atoms with Crippen LogP contribution in [0.4, 0.5) is 18.9 Å². The third-order valence-corrected chi connectivity index (χ3v) is 4.36. The molecule has 24 heavy (non-hydrogen) atoms. The fraction of sp³-hybridized carbons (Fsp3) is 0.529. The lowest BCUT2D eigenvalue weighted by molar-refractivity contribution is -0.186. The van der Waals surface area contributed by atoms with Crippen molar-refractivity contribution in [2.45, 2.75) is 39.3 Å². The van der Waals surface area contributed by atoms with Crippen molar-refractivity contribution >= 4 is 17.5 Å². The SMILES string of the molecule is CCc1ccc(C)c(NC(=O)C2CCN(C(=O)C(F)(F)F)CC2)c1. The van der Waals surface area contributed by atoms with Gasteiger partial charge in [-0.3, -0.25) is 9.59 Å². The normalized spacial score (nSPS) is 16.1. The van der Waals surface area contributed by atoms with Crippen LogP contribution in [0.15, 0.2) is 18.2 Å². The topological polar surface area (TPSA) is 49.4 Å². The van der Waals surface area contributed by atoms with Gasteiger partial charge in [-0.1, -0.05) is 19.1 Å². The van der Waals surface area contributed by atoms with Crippen molar-refractivity contribution in [3.8, 4) is 0 Å². The summed E-state index contributed by atoms with van der Waals surface area (Å²) < 4.78 is 37.3. The van der Waals surface area contributed by atoms with Crippen LogP contribution in [0.2, 0.25) is 0 Å². The van der Waals surface area contributed by atoms with Crippen molar-refractivity contribution in [3.63, 3.8) is 0 Å². The highest BCUT2D eigenvalue weighted by atomic mass is 19.4. The number of hydrogen-bond acceptors (Lipinski definition) is 2. The first-order valence-corrected chi connectivity index (χ1v) is 7.99. The van der Waals surface area contributed by atoms with Gasteiger partial charge in [0.25, 0.3) is 0 Å². The minimum atomic E-state index is -4.85. The Morgan fingerprint density at radius 3 is 2.42 bits per heavy atom. The maximum atomic E-state index is 12.4. The van der Waals surface area contributed by atoms with E-state index in [9.17, 15) is 22.8 Å². The number of halogens is 3. The molecule has 7 heteroatoms. The Kier molecular flexibility index (Phi) is 5.51. The van der Waals surface area contributed by atoms with Gasteiger partial charge in [0.15, 0.2) is 0 Å². The Bertz CT molecular complexity index is 621. The van der Waals surface area contributed by atoms with Crippen LogP contribution in [-0.2, 0) is 16.0 Å². The number of amides is 2. The Morgan fingerprint density at radius 2 is 1.88 bits per heavy atom. The molecule has 2 amide bonds. The first kappa shape index (κ1) is 18.3. The molecule has 0 unspecified atom stereocenters. The number of anilines is 1. The first-order valence-electron chi connectivity index (χ1n) is 7.99. The second-order valence-electron chi connectivity index (χ2n) is 6.06. The molecule has 2 rings (SSSR count). The molecule has 0 saturated carbocycles. The van der Waals surface area contributed by atoms with Gasteiger partial charge in [-0.05, 0) is 43.4 Å². The van der Waals surface area contributed by atoms with E-state index < -0.39 is 12.1 Å². The standard InChI is InChI=1S/C17H21F3N2O2/c1-3-12-5-4-11(2)14(10-12)21-15(23)13-6-8-22(9-7-13)16(24)17(18,19)20/h4-5,10,13H,3,6-9H2,1-2H3,(H,21,23). The van der Waals surface area contributed by atoms with Gasteiger partial charge in [0.05, 0.1) is 0 Å². The lowest BCUT2D eigenvalue weighted by atomic mass is 9.95. The molecule has 0 atom stereocenters. The van der Waals surface area contributed by atoms with Crippen LogP contribution < -0.4 is 5.32 Å². The van der Waals surface area contributed by atoms with Gasteiger partial charge in [0.1, 0.15) is 0 Å². The summed E-state index contributed by atoms with van der Waals surface area (Å²) in [5, 5.41) is 2.86. The Morgan fingerprint density at radius 1 is 1.25 bits per heavy atom. The van der Waals surface area contributed by atoms with Crippen LogP contribution >= 0.6 is 0 Å². The fourth-order valence-electron chi connectivity index (χ4n) is 2.78. The predicted molar refractivity (Wildman–Crippen MR) is 84.5 cm³/mol. The number of hydrogen-bond donors (Lipinski definition) is 1. The van der Waals surface area contributed by atoms with Crippen molar-refractivity contribution < 1.29 is 22.8 Å². The van der Waals surface area contributed by atoms with Crippen molar-refractivity contribution in [1.82, 2.24) is 4.90 Å². The number of piperidine rings is 1. The highest BCUT2D eigenvalue weighted by Crippen LogP contribution is 2.25. The number of aryl methyl sites for hydroxylation is 2. The Hall–Kier alpha value is -2.05. The van der Waals surface area contributed by atoms with Crippen LogP contribution in [0, 0.1) is 12.8 Å². The lowest BCUT2D eigenvalue weighted by Crippen LogP contribution is -2.46. The zero-order valence-electron chi connectivity index (χ0n) is 13.7. The number of nitrogens with one attached hydrogen (secondary N) is 1. The highest BCUT2D eigenvalue weighted by molar-refractivity contribution is 5.93. The van der Waals surface area contributed by atoms with Crippen LogP contribution in [0.25, 0.3) is 0 Å². The Balaban J connectivity index is 1.95. The lowest BCUT2D eigenvalue weighted by Gasteiger charge is -2.31. The number of likely N-dealkylation sites (tertiary alicyclic amines) is 1. The quantitative estimate of drug-likeness (QED) is 0.916. The minimum absolute atomic E-state index is 0.0512. The van der Waals surface area contributed by atoms with E-state index in [1.54, 1.807) is 0 Å². The summed E-state index contributed by atoms with van der Waals surface area (Å²) in [5.41, 5.74) is 2.76. The van der Waals surface area contributed by atoms with Gasteiger partial charge in [-0.25, -0.2) is 0 Å². The van der Waals surface area contributed by atoms with Crippen LogP contribution in [0.3, 0.4) is 0 Å². The number of carbonyl (C=O) groups excluding carboxylic acids is 2. The van der Waals surface area contributed by atoms with Crippen molar-refractivity contribution in [3.05, 3.63) is 29.3 Å². The van der Waals surface area contributed by atoms with Gasteiger partial charge >= 0.3 is 12.1 Å². The smallest absolute Gasteiger partial charge is 0.335 e. The van der Waals surface area contributed by atoms with Crippen LogP contribution in [-0.4, -0.2) is 36.0 Å². The molecule has 132 valence electrons. The average molecular weight is 342 g/mol. The Labute approximate surface area is 139 Å². The van der Waals surface area contributed by atoms with Crippen molar-refractivity contribution in [2.24, 2.45) is 5.92 Å². The van der Waals surface area contributed by atoms with E-state index in [2.05, 4.69) is 5.32 Å². The number of carbonyl (C=O) groups is 2. The molecule has 0 spiro atoms. The first-order chi connectivity index (χ1) is 11.2. The van der Waals surface area contributed by atoms with E-state index in [-0.39, 0.29) is 37.8 Å². The number of alkyl halides is 3. The predicted octanol–water partition coefficient (Wildman–Crippen LogP) is 3.30. The summed E-state index contributed by atoms with van der Waals surface area (Å²) in [6.45, 7) is 3.80. The summed E-state index contributed by atoms with van der Waals surface area (Å²) in [4.78, 5) is 24.3. The third-order valence-electron chi connectivity index (χ3n) is 4.36. The van der Waals surface area contributed by atoms with Crippen molar-refractivity contribution in [2.75, 3.05) is 18.4 Å². The minimum Gasteiger partial charge on any atom is -0.335 e. The average Bonchev–Trinajstić information content (AvgIpc) is 2.55. The fourth-order valence-corrected chi connectivity index (χ4v) is 2.78. The second-order valence-corrected chi connectivity index (χ2v) is 6.06. The maximum Gasteiger partial charge on any atom is 0.471 e. The molecule has 4 nitrogen and oxygen atoms in total. The van der Waals surface area contributed by atoms with Gasteiger partial charge in [-0.2, -0.15) is 13.2 Å². The van der Waals surface area contributed by atoms with E-state index in [1.165, 1.54) is 0 Å². The van der Waals surface area contributed by atoms with E-state index in [4.69, 9.17) is 0 Å². The zero-order valence-corrected chi connectivity index (χ0v) is 13.7. The molecule has 1 aromatic carbocycles. The highest BCUT2D eigenvalue weighted by Gasteiger charge is 2.43. The second kappa shape index (κ2) is 7.23. The molecule has 1 saturated heterocycles. The number of benzene rings is 1. The molecular weight excluding hydrogens is 321 g/mol. The summed E-state index contributed by atoms with van der Waals surface area (Å²) >= 11 is 0. The molecule has 0 bridgehead atoms.